The molecule has 1 amide bonds. The van der Waals surface area contributed by atoms with Crippen LogP contribution in [-0.4, -0.2) is 42.1 Å². The van der Waals surface area contributed by atoms with Crippen LogP contribution >= 0.6 is 0 Å². The van der Waals surface area contributed by atoms with Gasteiger partial charge in [-0.3, -0.25) is 4.79 Å². The second kappa shape index (κ2) is 6.58. The highest BCUT2D eigenvalue weighted by atomic mass is 16.3. The lowest BCUT2D eigenvalue weighted by molar-refractivity contribution is -0.128. The van der Waals surface area contributed by atoms with Crippen LogP contribution in [0.3, 0.4) is 0 Å². The zero-order valence-corrected chi connectivity index (χ0v) is 15.0. The van der Waals surface area contributed by atoms with Gasteiger partial charge in [0.15, 0.2) is 0 Å². The van der Waals surface area contributed by atoms with Crippen LogP contribution in [0.4, 0.5) is 0 Å². The van der Waals surface area contributed by atoms with Gasteiger partial charge in [-0.15, -0.1) is 0 Å². The molecule has 0 aromatic heterocycles. The molecule has 0 spiro atoms. The number of nitrogens with one attached hydrogen (secondary N) is 1. The van der Waals surface area contributed by atoms with Gasteiger partial charge in [-0.05, 0) is 55.8 Å². The summed E-state index contributed by atoms with van der Waals surface area (Å²) < 4.78 is 0. The van der Waals surface area contributed by atoms with E-state index in [0.29, 0.717) is 12.5 Å². The number of carbonyl (C=O) groups excluding carboxylic acids is 1. The molecule has 2 aliphatic heterocycles. The van der Waals surface area contributed by atoms with Crippen molar-refractivity contribution in [1.82, 2.24) is 10.2 Å². The molecule has 1 aromatic rings. The number of carbonyl (C=O) groups is 1. The molecule has 1 aliphatic carbocycles. The average Bonchev–Trinajstić information content (AvgIpc) is 3.18. The van der Waals surface area contributed by atoms with E-state index in [1.54, 1.807) is 6.92 Å². The van der Waals surface area contributed by atoms with Crippen molar-refractivity contribution >= 4 is 12.0 Å². The van der Waals surface area contributed by atoms with E-state index in [0.717, 1.165) is 50.9 Å². The smallest absolute Gasteiger partial charge is 0.219 e. The van der Waals surface area contributed by atoms with Crippen molar-refractivity contribution in [1.29, 1.82) is 0 Å². The number of aliphatic hydroxyl groups is 1. The number of fused-ring (bicyclic) bond motifs is 1. The molecule has 4 nitrogen and oxygen atoms in total. The molecule has 3 fully saturated rings. The molecule has 1 saturated carbocycles. The van der Waals surface area contributed by atoms with Gasteiger partial charge < -0.3 is 15.3 Å². The first-order valence-electron chi connectivity index (χ1n) is 9.55. The number of hydrogen-bond acceptors (Lipinski definition) is 3. The van der Waals surface area contributed by atoms with Gasteiger partial charge in [-0.1, -0.05) is 35.9 Å². The Balaban J connectivity index is 1.52. The Morgan fingerprint density at radius 2 is 1.96 bits per heavy atom. The van der Waals surface area contributed by atoms with E-state index in [-0.39, 0.29) is 11.8 Å². The number of benzene rings is 1. The van der Waals surface area contributed by atoms with E-state index in [9.17, 15) is 9.90 Å². The molecular weight excluding hydrogens is 312 g/mol. The molecule has 2 heterocycles. The maximum atomic E-state index is 11.7. The maximum absolute atomic E-state index is 11.7. The van der Waals surface area contributed by atoms with Crippen LogP contribution < -0.4 is 5.32 Å². The molecule has 1 aromatic carbocycles. The van der Waals surface area contributed by atoms with E-state index in [1.807, 2.05) is 4.90 Å². The SMILES string of the molecule is CC(=O)N1CC2CCC(O)(c3ccc(C=C4CCNCC4)cc3)C2C1. The molecule has 0 bridgehead atoms. The van der Waals surface area contributed by atoms with Gasteiger partial charge >= 0.3 is 0 Å². The van der Waals surface area contributed by atoms with Crippen LogP contribution in [0.1, 0.15) is 43.7 Å². The normalized spacial score (nSPS) is 31.9. The summed E-state index contributed by atoms with van der Waals surface area (Å²) in [5, 5.41) is 14.8. The fourth-order valence-corrected chi connectivity index (χ4v) is 4.91. The highest BCUT2D eigenvalue weighted by Gasteiger charge is 2.52. The molecule has 3 atom stereocenters. The van der Waals surface area contributed by atoms with Crippen molar-refractivity contribution in [3.05, 3.63) is 41.0 Å². The number of piperidine rings is 1. The second-order valence-electron chi connectivity index (χ2n) is 7.93. The van der Waals surface area contributed by atoms with Crippen molar-refractivity contribution in [3.63, 3.8) is 0 Å². The lowest BCUT2D eigenvalue weighted by Gasteiger charge is -2.30. The van der Waals surface area contributed by atoms with Gasteiger partial charge in [0, 0.05) is 25.9 Å². The molecule has 134 valence electrons. The summed E-state index contributed by atoms with van der Waals surface area (Å²) in [7, 11) is 0. The molecule has 25 heavy (non-hydrogen) atoms. The molecular formula is C21H28N2O2. The van der Waals surface area contributed by atoms with Crippen molar-refractivity contribution in [3.8, 4) is 0 Å². The van der Waals surface area contributed by atoms with Crippen molar-refractivity contribution in [2.75, 3.05) is 26.2 Å². The van der Waals surface area contributed by atoms with Crippen LogP contribution in [0.2, 0.25) is 0 Å². The van der Waals surface area contributed by atoms with Gasteiger partial charge in [0.25, 0.3) is 0 Å². The quantitative estimate of drug-likeness (QED) is 0.870. The van der Waals surface area contributed by atoms with E-state index in [4.69, 9.17) is 0 Å². The lowest BCUT2D eigenvalue weighted by Crippen LogP contribution is -2.35. The molecule has 2 saturated heterocycles. The van der Waals surface area contributed by atoms with Gasteiger partial charge in [-0.2, -0.15) is 0 Å². The van der Waals surface area contributed by atoms with Crippen LogP contribution in [0, 0.1) is 11.8 Å². The zero-order chi connectivity index (χ0) is 17.4. The Hall–Kier alpha value is -1.65. The lowest BCUT2D eigenvalue weighted by atomic mass is 9.82. The number of nitrogens with zero attached hydrogens (tertiary/aromatic N) is 1. The van der Waals surface area contributed by atoms with Crippen molar-refractivity contribution in [2.45, 2.75) is 38.2 Å². The molecule has 4 rings (SSSR count). The van der Waals surface area contributed by atoms with Crippen molar-refractivity contribution < 1.29 is 9.90 Å². The van der Waals surface area contributed by atoms with E-state index in [2.05, 4.69) is 35.7 Å². The molecule has 2 N–H and O–H groups in total. The standard InChI is InChI=1S/C21H28N2O2/c1-15(24)23-13-18-6-9-21(25,20(18)14-23)19-4-2-16(3-5-19)12-17-7-10-22-11-8-17/h2-5,12,18,20,22,25H,6-11,13-14H2,1H3. The first kappa shape index (κ1) is 16.8. The summed E-state index contributed by atoms with van der Waals surface area (Å²) in [6.07, 6.45) is 6.34. The number of rotatable bonds is 2. The van der Waals surface area contributed by atoms with Crippen molar-refractivity contribution in [2.24, 2.45) is 11.8 Å². The Morgan fingerprint density at radius 1 is 1.24 bits per heavy atom. The van der Waals surface area contributed by atoms with Crippen LogP contribution in [-0.2, 0) is 10.4 Å². The van der Waals surface area contributed by atoms with Crippen LogP contribution in [0.5, 0.6) is 0 Å². The summed E-state index contributed by atoms with van der Waals surface area (Å²) in [6, 6.07) is 8.44. The highest BCUT2D eigenvalue weighted by molar-refractivity contribution is 5.73. The minimum atomic E-state index is -0.782. The molecule has 3 unspecified atom stereocenters. The van der Waals surface area contributed by atoms with Gasteiger partial charge in [-0.25, -0.2) is 0 Å². The van der Waals surface area contributed by atoms with E-state index in [1.165, 1.54) is 11.1 Å². The molecule has 4 heteroatoms. The summed E-state index contributed by atoms with van der Waals surface area (Å²) in [5.41, 5.74) is 2.95. The first-order valence-corrected chi connectivity index (χ1v) is 9.55. The number of amides is 1. The minimum absolute atomic E-state index is 0.126. The Bertz CT molecular complexity index is 674. The highest BCUT2D eigenvalue weighted by Crippen LogP contribution is 2.50. The topological polar surface area (TPSA) is 52.6 Å². The van der Waals surface area contributed by atoms with Crippen LogP contribution in [0.25, 0.3) is 6.08 Å². The fraction of sp³-hybridized carbons (Fsp3) is 0.571. The summed E-state index contributed by atoms with van der Waals surface area (Å²) >= 11 is 0. The predicted octanol–water partition coefficient (Wildman–Crippen LogP) is 2.53. The second-order valence-corrected chi connectivity index (χ2v) is 7.93. The van der Waals surface area contributed by atoms with Gasteiger partial charge in [0.2, 0.25) is 5.91 Å². The largest absolute Gasteiger partial charge is 0.385 e. The monoisotopic (exact) mass is 340 g/mol. The van der Waals surface area contributed by atoms with Crippen LogP contribution in [0.15, 0.2) is 29.8 Å². The van der Waals surface area contributed by atoms with Gasteiger partial charge in [0.1, 0.15) is 0 Å². The maximum Gasteiger partial charge on any atom is 0.219 e. The Labute approximate surface area is 149 Å². The minimum Gasteiger partial charge on any atom is -0.385 e. The fourth-order valence-electron chi connectivity index (χ4n) is 4.91. The van der Waals surface area contributed by atoms with E-state index < -0.39 is 5.60 Å². The third-order valence-corrected chi connectivity index (χ3v) is 6.42. The molecule has 3 aliphatic rings. The average molecular weight is 340 g/mol. The number of hydrogen-bond donors (Lipinski definition) is 2. The third-order valence-electron chi connectivity index (χ3n) is 6.42. The summed E-state index contributed by atoms with van der Waals surface area (Å²) in [4.78, 5) is 13.6. The Kier molecular flexibility index (Phi) is 4.42. The van der Waals surface area contributed by atoms with Gasteiger partial charge in [0.05, 0.1) is 5.60 Å². The Morgan fingerprint density at radius 3 is 2.64 bits per heavy atom. The predicted molar refractivity (Wildman–Crippen MR) is 98.9 cm³/mol. The summed E-state index contributed by atoms with van der Waals surface area (Å²) in [6.45, 7) is 5.26. The summed E-state index contributed by atoms with van der Waals surface area (Å²) in [5.74, 6) is 0.733. The zero-order valence-electron chi connectivity index (χ0n) is 15.0. The van der Waals surface area contributed by atoms with E-state index >= 15 is 0 Å². The third kappa shape index (κ3) is 3.13. The molecule has 0 radical (unpaired) electrons. The number of likely N-dealkylation sites (tertiary alicyclic amines) is 1. The first-order chi connectivity index (χ1) is 12.1.